The normalized spacial score (nSPS) is 10.7. The molecule has 0 unspecified atom stereocenters. The molecule has 2 aromatic carbocycles. The maximum atomic E-state index is 11.9. The van der Waals surface area contributed by atoms with Crippen molar-refractivity contribution in [2.45, 2.75) is 18.7 Å². The van der Waals surface area contributed by atoms with Crippen LogP contribution in [-0.4, -0.2) is 5.91 Å². The van der Waals surface area contributed by atoms with E-state index in [9.17, 15) is 4.79 Å². The molecule has 0 aliphatic rings. The fourth-order valence-electron chi connectivity index (χ4n) is 1.73. The first-order chi connectivity index (χ1) is 9.66. The second-order valence-electron chi connectivity index (χ2n) is 4.47. The predicted octanol–water partition coefficient (Wildman–Crippen LogP) is 4.55. The van der Waals surface area contributed by atoms with Crippen molar-refractivity contribution in [2.75, 3.05) is 5.32 Å². The SMILES string of the molecule is Cc1cccc(NC(=O)/C=C/Sc2ccccc2)c1C. The first-order valence-corrected chi connectivity index (χ1v) is 7.30. The van der Waals surface area contributed by atoms with Gasteiger partial charge in [0.25, 0.3) is 0 Å². The lowest BCUT2D eigenvalue weighted by atomic mass is 10.1. The Kier molecular flexibility index (Phi) is 5.02. The van der Waals surface area contributed by atoms with Gasteiger partial charge >= 0.3 is 0 Å². The van der Waals surface area contributed by atoms with E-state index in [1.165, 1.54) is 17.3 Å². The number of carbonyl (C=O) groups excluding carboxylic acids is 1. The fraction of sp³-hybridized carbons (Fsp3) is 0.118. The molecule has 1 N–H and O–H groups in total. The van der Waals surface area contributed by atoms with Crippen LogP contribution >= 0.6 is 11.8 Å². The molecule has 0 bridgehead atoms. The highest BCUT2D eigenvalue weighted by molar-refractivity contribution is 8.02. The monoisotopic (exact) mass is 283 g/mol. The molecule has 0 heterocycles. The second kappa shape index (κ2) is 6.96. The van der Waals surface area contributed by atoms with Crippen LogP contribution in [0.5, 0.6) is 0 Å². The molecule has 20 heavy (non-hydrogen) atoms. The smallest absolute Gasteiger partial charge is 0.248 e. The number of hydrogen-bond acceptors (Lipinski definition) is 2. The molecule has 2 aromatic rings. The summed E-state index contributed by atoms with van der Waals surface area (Å²) in [4.78, 5) is 13.0. The van der Waals surface area contributed by atoms with Crippen molar-refractivity contribution in [1.82, 2.24) is 0 Å². The Labute approximate surface area is 123 Å². The van der Waals surface area contributed by atoms with Crippen molar-refractivity contribution in [3.8, 4) is 0 Å². The van der Waals surface area contributed by atoms with Crippen LogP contribution in [0.15, 0.2) is 64.9 Å². The van der Waals surface area contributed by atoms with Gasteiger partial charge in [0.15, 0.2) is 0 Å². The molecule has 3 heteroatoms. The van der Waals surface area contributed by atoms with Gasteiger partial charge in [-0.1, -0.05) is 42.1 Å². The molecule has 0 aliphatic heterocycles. The highest BCUT2D eigenvalue weighted by atomic mass is 32.2. The quantitative estimate of drug-likeness (QED) is 0.659. The average molecular weight is 283 g/mol. The summed E-state index contributed by atoms with van der Waals surface area (Å²) in [7, 11) is 0. The molecule has 2 nitrogen and oxygen atoms in total. The van der Waals surface area contributed by atoms with Crippen LogP contribution < -0.4 is 5.32 Å². The Balaban J connectivity index is 1.94. The van der Waals surface area contributed by atoms with E-state index < -0.39 is 0 Å². The fourth-order valence-corrected chi connectivity index (χ4v) is 2.40. The standard InChI is InChI=1S/C17H17NOS/c1-13-7-6-10-16(14(13)2)18-17(19)11-12-20-15-8-4-3-5-9-15/h3-12H,1-2H3,(H,18,19)/b12-11+. The van der Waals surface area contributed by atoms with Crippen LogP contribution in [0.1, 0.15) is 11.1 Å². The number of hydrogen-bond donors (Lipinski definition) is 1. The molecule has 0 spiro atoms. The average Bonchev–Trinajstić information content (AvgIpc) is 2.45. The Morgan fingerprint density at radius 2 is 1.80 bits per heavy atom. The zero-order valence-electron chi connectivity index (χ0n) is 11.6. The van der Waals surface area contributed by atoms with Gasteiger partial charge in [0.05, 0.1) is 0 Å². The molecule has 0 fully saturated rings. The van der Waals surface area contributed by atoms with Gasteiger partial charge in [0.2, 0.25) is 5.91 Å². The second-order valence-corrected chi connectivity index (χ2v) is 5.45. The number of carbonyl (C=O) groups is 1. The molecule has 2 rings (SSSR count). The lowest BCUT2D eigenvalue weighted by molar-refractivity contribution is -0.111. The van der Waals surface area contributed by atoms with Gasteiger partial charge in [-0.05, 0) is 48.6 Å². The molecule has 0 saturated carbocycles. The van der Waals surface area contributed by atoms with Crippen molar-refractivity contribution >= 4 is 23.4 Å². The van der Waals surface area contributed by atoms with Gasteiger partial charge in [0, 0.05) is 16.7 Å². The Hall–Kier alpha value is -2.00. The lowest BCUT2D eigenvalue weighted by Crippen LogP contribution is -2.09. The Morgan fingerprint density at radius 1 is 1.05 bits per heavy atom. The minimum atomic E-state index is -0.109. The van der Waals surface area contributed by atoms with Gasteiger partial charge in [-0.25, -0.2) is 0 Å². The number of thioether (sulfide) groups is 1. The third-order valence-corrected chi connectivity index (χ3v) is 3.85. The van der Waals surface area contributed by atoms with Crippen molar-refractivity contribution in [2.24, 2.45) is 0 Å². The number of benzene rings is 2. The number of rotatable bonds is 4. The zero-order valence-corrected chi connectivity index (χ0v) is 12.4. The van der Waals surface area contributed by atoms with Gasteiger partial charge in [-0.2, -0.15) is 0 Å². The minimum Gasteiger partial charge on any atom is -0.322 e. The highest BCUT2D eigenvalue weighted by Crippen LogP contribution is 2.19. The van der Waals surface area contributed by atoms with Gasteiger partial charge in [0.1, 0.15) is 0 Å². The molecule has 0 atom stereocenters. The summed E-state index contributed by atoms with van der Waals surface area (Å²) >= 11 is 1.53. The van der Waals surface area contributed by atoms with Crippen molar-refractivity contribution in [3.63, 3.8) is 0 Å². The number of nitrogens with one attached hydrogen (secondary N) is 1. The summed E-state index contributed by atoms with van der Waals surface area (Å²) in [6.45, 7) is 4.04. The number of aryl methyl sites for hydroxylation is 1. The molecule has 102 valence electrons. The van der Waals surface area contributed by atoms with E-state index in [-0.39, 0.29) is 5.91 Å². The number of anilines is 1. The minimum absolute atomic E-state index is 0.109. The topological polar surface area (TPSA) is 29.1 Å². The van der Waals surface area contributed by atoms with E-state index in [2.05, 4.69) is 5.32 Å². The van der Waals surface area contributed by atoms with Crippen LogP contribution in [-0.2, 0) is 4.79 Å². The first kappa shape index (κ1) is 14.4. The Bertz CT molecular complexity index is 620. The van der Waals surface area contributed by atoms with Gasteiger partial charge in [-0.15, -0.1) is 0 Å². The van der Waals surface area contributed by atoms with Crippen molar-refractivity contribution < 1.29 is 4.79 Å². The van der Waals surface area contributed by atoms with E-state index >= 15 is 0 Å². The summed E-state index contributed by atoms with van der Waals surface area (Å²) in [5, 5.41) is 4.70. The molecule has 0 aliphatic carbocycles. The molecule has 0 saturated heterocycles. The van der Waals surface area contributed by atoms with E-state index in [0.717, 1.165) is 16.1 Å². The largest absolute Gasteiger partial charge is 0.322 e. The van der Waals surface area contributed by atoms with E-state index in [1.807, 2.05) is 62.4 Å². The number of amides is 1. The van der Waals surface area contributed by atoms with Crippen LogP contribution in [0, 0.1) is 13.8 Å². The third-order valence-electron chi connectivity index (χ3n) is 3.03. The van der Waals surface area contributed by atoms with Crippen molar-refractivity contribution in [1.29, 1.82) is 0 Å². The summed E-state index contributed by atoms with van der Waals surface area (Å²) in [5.74, 6) is -0.109. The lowest BCUT2D eigenvalue weighted by Gasteiger charge is -2.08. The van der Waals surface area contributed by atoms with E-state index in [4.69, 9.17) is 0 Å². The van der Waals surface area contributed by atoms with Gasteiger partial charge in [-0.3, -0.25) is 4.79 Å². The maximum Gasteiger partial charge on any atom is 0.248 e. The summed E-state index contributed by atoms with van der Waals surface area (Å²) in [6, 6.07) is 15.8. The van der Waals surface area contributed by atoms with E-state index in [1.54, 1.807) is 11.5 Å². The summed E-state index contributed by atoms with van der Waals surface area (Å²) < 4.78 is 0. The Morgan fingerprint density at radius 3 is 2.55 bits per heavy atom. The highest BCUT2D eigenvalue weighted by Gasteiger charge is 2.02. The van der Waals surface area contributed by atoms with Gasteiger partial charge < -0.3 is 5.32 Å². The first-order valence-electron chi connectivity index (χ1n) is 6.42. The third kappa shape index (κ3) is 4.00. The molecular formula is C17H17NOS. The maximum absolute atomic E-state index is 11.9. The molecule has 0 radical (unpaired) electrons. The van der Waals surface area contributed by atoms with Crippen LogP contribution in [0.2, 0.25) is 0 Å². The summed E-state index contributed by atoms with van der Waals surface area (Å²) in [5.41, 5.74) is 3.14. The molecular weight excluding hydrogens is 266 g/mol. The van der Waals surface area contributed by atoms with Crippen molar-refractivity contribution in [3.05, 3.63) is 71.1 Å². The zero-order chi connectivity index (χ0) is 14.4. The molecule has 1 amide bonds. The predicted molar refractivity (Wildman–Crippen MR) is 86.0 cm³/mol. The molecule has 0 aromatic heterocycles. The summed E-state index contributed by atoms with van der Waals surface area (Å²) in [6.07, 6.45) is 1.56. The van der Waals surface area contributed by atoms with E-state index in [0.29, 0.717) is 0 Å². The van der Waals surface area contributed by atoms with Crippen LogP contribution in [0.4, 0.5) is 5.69 Å². The van der Waals surface area contributed by atoms with Crippen LogP contribution in [0.3, 0.4) is 0 Å². The van der Waals surface area contributed by atoms with Crippen LogP contribution in [0.25, 0.3) is 0 Å².